The summed E-state index contributed by atoms with van der Waals surface area (Å²) in [4.78, 5) is 11.6. The van der Waals surface area contributed by atoms with E-state index in [1.165, 1.54) is 6.07 Å². The SMILES string of the molecule is Nc1cc(C(F)(F)F)ccc1SCc1cc(=O)c(O)co1. The van der Waals surface area contributed by atoms with Crippen LogP contribution in [0.2, 0.25) is 0 Å². The highest BCUT2D eigenvalue weighted by Crippen LogP contribution is 2.35. The van der Waals surface area contributed by atoms with E-state index in [4.69, 9.17) is 15.3 Å². The summed E-state index contributed by atoms with van der Waals surface area (Å²) in [5.74, 6) is -0.0228. The third kappa shape index (κ3) is 3.72. The lowest BCUT2D eigenvalue weighted by Crippen LogP contribution is -2.05. The van der Waals surface area contributed by atoms with Crippen molar-refractivity contribution in [2.75, 3.05) is 5.73 Å². The van der Waals surface area contributed by atoms with Gasteiger partial charge in [0.15, 0.2) is 5.75 Å². The number of aromatic hydroxyl groups is 1. The van der Waals surface area contributed by atoms with Crippen molar-refractivity contribution < 1.29 is 22.7 Å². The Labute approximate surface area is 121 Å². The number of hydrogen-bond donors (Lipinski definition) is 2. The van der Waals surface area contributed by atoms with Gasteiger partial charge in [-0.2, -0.15) is 13.2 Å². The van der Waals surface area contributed by atoms with Gasteiger partial charge in [0.1, 0.15) is 12.0 Å². The molecule has 0 amide bonds. The molecular formula is C13H10F3NO3S. The van der Waals surface area contributed by atoms with E-state index in [0.29, 0.717) is 4.90 Å². The second kappa shape index (κ2) is 5.72. The highest BCUT2D eigenvalue weighted by molar-refractivity contribution is 7.98. The Balaban J connectivity index is 2.13. The average molecular weight is 317 g/mol. The molecule has 0 fully saturated rings. The van der Waals surface area contributed by atoms with E-state index >= 15 is 0 Å². The number of thioether (sulfide) groups is 1. The van der Waals surface area contributed by atoms with Crippen molar-refractivity contribution in [2.24, 2.45) is 0 Å². The Morgan fingerprint density at radius 2 is 2.00 bits per heavy atom. The molecule has 8 heteroatoms. The summed E-state index contributed by atoms with van der Waals surface area (Å²) in [5.41, 5.74) is 4.17. The summed E-state index contributed by atoms with van der Waals surface area (Å²) in [5, 5.41) is 9.04. The fraction of sp³-hybridized carbons (Fsp3) is 0.154. The van der Waals surface area contributed by atoms with Gasteiger partial charge in [0.25, 0.3) is 0 Å². The first kappa shape index (κ1) is 15.3. The fourth-order valence-corrected chi connectivity index (χ4v) is 2.36. The number of rotatable bonds is 3. The Kier molecular flexibility index (Phi) is 4.17. The van der Waals surface area contributed by atoms with Gasteiger partial charge in [0.2, 0.25) is 5.43 Å². The van der Waals surface area contributed by atoms with Gasteiger partial charge in [0.05, 0.1) is 11.3 Å². The molecule has 0 spiro atoms. The van der Waals surface area contributed by atoms with Crippen molar-refractivity contribution in [1.29, 1.82) is 0 Å². The summed E-state index contributed by atoms with van der Waals surface area (Å²) in [6.45, 7) is 0. The van der Waals surface area contributed by atoms with Crippen LogP contribution >= 0.6 is 11.8 Å². The van der Waals surface area contributed by atoms with Crippen LogP contribution in [0, 0.1) is 0 Å². The minimum atomic E-state index is -4.44. The molecular weight excluding hydrogens is 307 g/mol. The summed E-state index contributed by atoms with van der Waals surface area (Å²) < 4.78 is 42.5. The molecule has 0 bridgehead atoms. The van der Waals surface area contributed by atoms with Crippen LogP contribution in [0.3, 0.4) is 0 Å². The largest absolute Gasteiger partial charge is 0.502 e. The normalized spacial score (nSPS) is 11.6. The summed E-state index contributed by atoms with van der Waals surface area (Å²) in [7, 11) is 0. The highest BCUT2D eigenvalue weighted by Gasteiger charge is 2.30. The van der Waals surface area contributed by atoms with Crippen LogP contribution in [-0.4, -0.2) is 5.11 Å². The van der Waals surface area contributed by atoms with Crippen LogP contribution in [0.1, 0.15) is 11.3 Å². The number of nitrogen functional groups attached to an aromatic ring is 1. The topological polar surface area (TPSA) is 76.5 Å². The summed E-state index contributed by atoms with van der Waals surface area (Å²) in [6.07, 6.45) is -3.53. The first-order valence-electron chi connectivity index (χ1n) is 5.67. The molecule has 112 valence electrons. The zero-order valence-corrected chi connectivity index (χ0v) is 11.3. The maximum absolute atomic E-state index is 12.5. The Bertz CT molecular complexity index is 713. The quantitative estimate of drug-likeness (QED) is 0.671. The molecule has 1 aromatic carbocycles. The van der Waals surface area contributed by atoms with E-state index in [1.54, 1.807) is 0 Å². The second-order valence-electron chi connectivity index (χ2n) is 4.13. The van der Waals surface area contributed by atoms with Gasteiger partial charge >= 0.3 is 6.18 Å². The third-order valence-corrected chi connectivity index (χ3v) is 3.69. The van der Waals surface area contributed by atoms with Crippen LogP contribution in [0.15, 0.2) is 44.6 Å². The summed E-state index contributed by atoms with van der Waals surface area (Å²) in [6, 6.07) is 4.17. The molecule has 1 aromatic heterocycles. The molecule has 3 N–H and O–H groups in total. The maximum atomic E-state index is 12.5. The number of halogens is 3. The predicted molar refractivity (Wildman–Crippen MR) is 72.1 cm³/mol. The molecule has 2 rings (SSSR count). The molecule has 0 saturated carbocycles. The standard InChI is InChI=1S/C13H10F3NO3S/c14-13(15,16)7-1-2-12(9(17)3-7)21-6-8-4-10(18)11(19)5-20-8/h1-5,19H,6,17H2. The van der Waals surface area contributed by atoms with Crippen molar-refractivity contribution in [3.63, 3.8) is 0 Å². The van der Waals surface area contributed by atoms with Gasteiger partial charge in [-0.1, -0.05) is 0 Å². The minimum absolute atomic E-state index is 0.00375. The monoisotopic (exact) mass is 317 g/mol. The van der Waals surface area contributed by atoms with E-state index in [0.717, 1.165) is 36.2 Å². The number of alkyl halides is 3. The zero-order valence-electron chi connectivity index (χ0n) is 10.5. The lowest BCUT2D eigenvalue weighted by atomic mass is 10.2. The van der Waals surface area contributed by atoms with Crippen LogP contribution in [-0.2, 0) is 11.9 Å². The molecule has 1 heterocycles. The van der Waals surface area contributed by atoms with Gasteiger partial charge in [-0.05, 0) is 18.2 Å². The third-order valence-electron chi connectivity index (χ3n) is 2.57. The predicted octanol–water partition coefficient (Wildman–Crippen LogP) is 3.24. The lowest BCUT2D eigenvalue weighted by Gasteiger charge is -2.10. The molecule has 21 heavy (non-hydrogen) atoms. The second-order valence-corrected chi connectivity index (χ2v) is 5.15. The molecule has 4 nitrogen and oxygen atoms in total. The first-order valence-corrected chi connectivity index (χ1v) is 6.66. The number of nitrogens with two attached hydrogens (primary N) is 1. The highest BCUT2D eigenvalue weighted by atomic mass is 32.2. The van der Waals surface area contributed by atoms with Crippen molar-refractivity contribution in [3.8, 4) is 5.75 Å². The van der Waals surface area contributed by atoms with Crippen molar-refractivity contribution >= 4 is 17.4 Å². The minimum Gasteiger partial charge on any atom is -0.502 e. The fourth-order valence-electron chi connectivity index (χ4n) is 1.52. The smallest absolute Gasteiger partial charge is 0.416 e. The van der Waals surface area contributed by atoms with Crippen molar-refractivity contribution in [2.45, 2.75) is 16.8 Å². The van der Waals surface area contributed by atoms with Gasteiger partial charge < -0.3 is 15.3 Å². The molecule has 0 atom stereocenters. The van der Waals surface area contributed by atoms with Crippen LogP contribution in [0.25, 0.3) is 0 Å². The maximum Gasteiger partial charge on any atom is 0.416 e. The average Bonchev–Trinajstić information content (AvgIpc) is 2.40. The van der Waals surface area contributed by atoms with E-state index in [1.807, 2.05) is 0 Å². The van der Waals surface area contributed by atoms with E-state index in [9.17, 15) is 18.0 Å². The molecule has 0 unspecified atom stereocenters. The zero-order chi connectivity index (χ0) is 15.6. The van der Waals surface area contributed by atoms with E-state index in [-0.39, 0.29) is 17.2 Å². The first-order chi connectivity index (χ1) is 9.77. The van der Waals surface area contributed by atoms with Crippen LogP contribution < -0.4 is 11.2 Å². The molecule has 0 saturated heterocycles. The number of benzene rings is 1. The Morgan fingerprint density at radius 3 is 2.57 bits per heavy atom. The van der Waals surface area contributed by atoms with Gasteiger partial charge in [-0.15, -0.1) is 11.8 Å². The molecule has 0 aliphatic carbocycles. The van der Waals surface area contributed by atoms with E-state index < -0.39 is 22.9 Å². The van der Waals surface area contributed by atoms with Gasteiger partial charge in [0, 0.05) is 16.6 Å². The van der Waals surface area contributed by atoms with Crippen LogP contribution in [0.4, 0.5) is 18.9 Å². The Hall–Kier alpha value is -2.09. The Morgan fingerprint density at radius 1 is 1.29 bits per heavy atom. The van der Waals surface area contributed by atoms with Crippen molar-refractivity contribution in [3.05, 3.63) is 52.1 Å². The van der Waals surface area contributed by atoms with Crippen molar-refractivity contribution in [1.82, 2.24) is 0 Å². The van der Waals surface area contributed by atoms with Crippen LogP contribution in [0.5, 0.6) is 5.75 Å². The molecule has 2 aromatic rings. The molecule has 0 radical (unpaired) electrons. The van der Waals surface area contributed by atoms with E-state index in [2.05, 4.69) is 0 Å². The number of anilines is 1. The summed E-state index contributed by atoms with van der Waals surface area (Å²) >= 11 is 1.13. The van der Waals surface area contributed by atoms with Gasteiger partial charge in [-0.3, -0.25) is 4.79 Å². The molecule has 0 aliphatic heterocycles. The van der Waals surface area contributed by atoms with Gasteiger partial charge in [-0.25, -0.2) is 0 Å². The number of hydrogen-bond acceptors (Lipinski definition) is 5. The lowest BCUT2D eigenvalue weighted by molar-refractivity contribution is -0.137. The molecule has 0 aliphatic rings.